The van der Waals surface area contributed by atoms with Crippen LogP contribution in [0.15, 0.2) is 36.9 Å². The molecule has 1 aromatic rings. The van der Waals surface area contributed by atoms with Crippen molar-refractivity contribution in [1.82, 2.24) is 0 Å². The van der Waals surface area contributed by atoms with Crippen molar-refractivity contribution in [2.75, 3.05) is 0 Å². The largest absolute Gasteiger partial charge is 0.336 e. The molecule has 0 heterocycles. The van der Waals surface area contributed by atoms with E-state index in [4.69, 9.17) is 9.79 Å². The highest BCUT2D eigenvalue weighted by Crippen LogP contribution is 2.52. The zero-order valence-electron chi connectivity index (χ0n) is 6.92. The maximum Gasteiger partial charge on any atom is 0.336 e. The average Bonchev–Trinajstić information content (AvgIpc) is 2.05. The van der Waals surface area contributed by atoms with E-state index >= 15 is 0 Å². The first kappa shape index (κ1) is 10.2. The molecular weight excluding hydrogens is 187 g/mol. The predicted molar refractivity (Wildman–Crippen MR) is 50.3 cm³/mol. The second-order valence-corrected chi connectivity index (χ2v) is 4.32. The molecule has 69 valence electrons. The average molecular weight is 197 g/mol. The Morgan fingerprint density at radius 3 is 2.62 bits per heavy atom. The summed E-state index contributed by atoms with van der Waals surface area (Å²) in [5, 5.41) is 0. The molecule has 0 aliphatic rings. The molecule has 0 aliphatic heterocycles. The van der Waals surface area contributed by atoms with Gasteiger partial charge in [0, 0.05) is 0 Å². The smallest absolute Gasteiger partial charge is 0.324 e. The van der Waals surface area contributed by atoms with Gasteiger partial charge in [-0.2, -0.15) is 0 Å². The van der Waals surface area contributed by atoms with Crippen LogP contribution in [0, 0.1) is 6.07 Å². The zero-order valence-corrected chi connectivity index (χ0v) is 7.82. The molecule has 0 aliphatic carbocycles. The fourth-order valence-corrected chi connectivity index (χ4v) is 1.83. The van der Waals surface area contributed by atoms with Gasteiger partial charge in [0.25, 0.3) is 0 Å². The fraction of sp³-hybridized carbons (Fsp3) is 0.111. The summed E-state index contributed by atoms with van der Waals surface area (Å²) in [5.74, 6) is 0. The van der Waals surface area contributed by atoms with Gasteiger partial charge in [0.1, 0.15) is 5.66 Å². The van der Waals surface area contributed by atoms with E-state index in [1.165, 1.54) is 6.08 Å². The van der Waals surface area contributed by atoms with Crippen LogP contribution >= 0.6 is 7.60 Å². The highest BCUT2D eigenvalue weighted by Gasteiger charge is 2.26. The Morgan fingerprint density at radius 1 is 1.54 bits per heavy atom. The van der Waals surface area contributed by atoms with Crippen molar-refractivity contribution >= 4 is 7.60 Å². The molecule has 0 saturated carbocycles. The van der Waals surface area contributed by atoms with Gasteiger partial charge in [0.15, 0.2) is 0 Å². The van der Waals surface area contributed by atoms with Crippen molar-refractivity contribution in [3.63, 3.8) is 0 Å². The fourth-order valence-electron chi connectivity index (χ4n) is 1.04. The number of rotatable bonds is 3. The minimum absolute atomic E-state index is 0.464. The van der Waals surface area contributed by atoms with E-state index in [1.54, 1.807) is 24.3 Å². The third kappa shape index (κ3) is 2.52. The van der Waals surface area contributed by atoms with Gasteiger partial charge in [-0.25, -0.2) is 0 Å². The summed E-state index contributed by atoms with van der Waals surface area (Å²) in [4.78, 5) is 17.9. The lowest BCUT2D eigenvalue weighted by atomic mass is 10.1. The zero-order chi connectivity index (χ0) is 9.90. The summed E-state index contributed by atoms with van der Waals surface area (Å²) < 4.78 is 11.0. The van der Waals surface area contributed by atoms with E-state index in [-0.39, 0.29) is 0 Å². The maximum absolute atomic E-state index is 11.0. The van der Waals surface area contributed by atoms with Crippen LogP contribution in [0.25, 0.3) is 0 Å². The van der Waals surface area contributed by atoms with Gasteiger partial charge in [-0.1, -0.05) is 30.3 Å². The lowest BCUT2D eigenvalue weighted by Crippen LogP contribution is -1.95. The standard InChI is InChI=1S/C9H10O3P/c1-2-9(13(10,11)12)8-6-4-3-5-7-8/h2-6,9H,1H2,(H2,10,11,12). The molecule has 0 amide bonds. The lowest BCUT2D eigenvalue weighted by molar-refractivity contribution is 0.366. The van der Waals surface area contributed by atoms with Crippen molar-refractivity contribution < 1.29 is 14.4 Å². The van der Waals surface area contributed by atoms with Crippen LogP contribution in [0.4, 0.5) is 0 Å². The minimum atomic E-state index is -4.15. The van der Waals surface area contributed by atoms with E-state index in [2.05, 4.69) is 12.6 Å². The van der Waals surface area contributed by atoms with Gasteiger partial charge in [-0.3, -0.25) is 4.57 Å². The SMILES string of the molecule is C=CC(c1[c]cccc1)P(=O)(O)O. The molecule has 1 rings (SSSR count). The molecule has 1 atom stereocenters. The van der Waals surface area contributed by atoms with Gasteiger partial charge in [-0.15, -0.1) is 6.58 Å². The Kier molecular flexibility index (Phi) is 3.04. The molecule has 0 spiro atoms. The van der Waals surface area contributed by atoms with Crippen molar-refractivity contribution in [1.29, 1.82) is 0 Å². The first-order valence-corrected chi connectivity index (χ1v) is 5.38. The van der Waals surface area contributed by atoms with Gasteiger partial charge in [0.05, 0.1) is 0 Å². The monoisotopic (exact) mass is 197 g/mol. The van der Waals surface area contributed by atoms with E-state index in [1.807, 2.05) is 0 Å². The normalized spacial score (nSPS) is 13.7. The molecule has 2 N–H and O–H groups in total. The molecule has 0 bridgehead atoms. The molecule has 0 fully saturated rings. The predicted octanol–water partition coefficient (Wildman–Crippen LogP) is 1.89. The van der Waals surface area contributed by atoms with E-state index in [0.717, 1.165) is 0 Å². The van der Waals surface area contributed by atoms with Crippen molar-refractivity contribution in [2.45, 2.75) is 5.66 Å². The highest BCUT2D eigenvalue weighted by atomic mass is 31.2. The maximum atomic E-state index is 11.0. The van der Waals surface area contributed by atoms with E-state index in [9.17, 15) is 4.57 Å². The van der Waals surface area contributed by atoms with E-state index in [0.29, 0.717) is 5.56 Å². The minimum Gasteiger partial charge on any atom is -0.324 e. The van der Waals surface area contributed by atoms with Gasteiger partial charge in [-0.05, 0) is 11.6 Å². The summed E-state index contributed by atoms with van der Waals surface area (Å²) in [5.41, 5.74) is -0.487. The topological polar surface area (TPSA) is 57.5 Å². The molecule has 3 nitrogen and oxygen atoms in total. The van der Waals surface area contributed by atoms with Crippen LogP contribution in [0.3, 0.4) is 0 Å². The summed E-state index contributed by atoms with van der Waals surface area (Å²) >= 11 is 0. The van der Waals surface area contributed by atoms with Crippen molar-refractivity contribution in [3.05, 3.63) is 48.6 Å². The second kappa shape index (κ2) is 3.88. The van der Waals surface area contributed by atoms with Crippen LogP contribution in [0.1, 0.15) is 11.2 Å². The Hall–Kier alpha value is -0.890. The second-order valence-electron chi connectivity index (χ2n) is 2.59. The molecule has 1 unspecified atom stereocenters. The number of hydrogen-bond acceptors (Lipinski definition) is 1. The molecule has 4 heteroatoms. The molecule has 13 heavy (non-hydrogen) atoms. The third-order valence-electron chi connectivity index (χ3n) is 1.64. The lowest BCUT2D eigenvalue weighted by Gasteiger charge is -2.13. The van der Waals surface area contributed by atoms with Crippen LogP contribution in [0.5, 0.6) is 0 Å². The third-order valence-corrected chi connectivity index (χ3v) is 2.85. The van der Waals surface area contributed by atoms with Crippen molar-refractivity contribution in [3.8, 4) is 0 Å². The Balaban J connectivity index is 3.06. The molecule has 0 aromatic heterocycles. The number of benzene rings is 1. The Labute approximate surface area is 76.9 Å². The number of hydrogen-bond donors (Lipinski definition) is 2. The quantitative estimate of drug-likeness (QED) is 0.574. The molecule has 0 saturated heterocycles. The van der Waals surface area contributed by atoms with E-state index < -0.39 is 13.3 Å². The van der Waals surface area contributed by atoms with Gasteiger partial charge in [0.2, 0.25) is 0 Å². The van der Waals surface area contributed by atoms with Crippen LogP contribution in [-0.2, 0) is 4.57 Å². The molecule has 1 aromatic carbocycles. The number of allylic oxidation sites excluding steroid dienone is 1. The van der Waals surface area contributed by atoms with Gasteiger partial charge < -0.3 is 9.79 Å². The van der Waals surface area contributed by atoms with Gasteiger partial charge >= 0.3 is 7.60 Å². The summed E-state index contributed by atoms with van der Waals surface area (Å²) in [6, 6.07) is 9.44. The van der Waals surface area contributed by atoms with Crippen LogP contribution in [0.2, 0.25) is 0 Å². The Morgan fingerprint density at radius 2 is 2.23 bits per heavy atom. The highest BCUT2D eigenvalue weighted by molar-refractivity contribution is 7.52. The summed E-state index contributed by atoms with van der Waals surface area (Å²) in [6.45, 7) is 3.39. The molecule has 1 radical (unpaired) electrons. The Bertz CT molecular complexity index is 328. The summed E-state index contributed by atoms with van der Waals surface area (Å²) in [7, 11) is -4.15. The molecular formula is C9H10O3P. The first-order valence-electron chi connectivity index (χ1n) is 3.70. The van der Waals surface area contributed by atoms with Crippen molar-refractivity contribution in [2.24, 2.45) is 0 Å². The van der Waals surface area contributed by atoms with Crippen LogP contribution in [-0.4, -0.2) is 9.79 Å². The van der Waals surface area contributed by atoms with Crippen LogP contribution < -0.4 is 0 Å². The first-order chi connectivity index (χ1) is 6.05. The summed E-state index contributed by atoms with van der Waals surface area (Å²) in [6.07, 6.45) is 1.24.